The molecule has 0 aromatic carbocycles. The molecular formula is C14H30ClN3. The van der Waals surface area contributed by atoms with Gasteiger partial charge in [0.2, 0.25) is 0 Å². The summed E-state index contributed by atoms with van der Waals surface area (Å²) < 4.78 is 0. The van der Waals surface area contributed by atoms with E-state index in [0.717, 1.165) is 18.0 Å². The predicted molar refractivity (Wildman–Crippen MR) is 80.6 cm³/mol. The molecule has 0 saturated carbocycles. The Kier molecular flexibility index (Phi) is 6.93. The highest BCUT2D eigenvalue weighted by molar-refractivity contribution is 5.85. The van der Waals surface area contributed by atoms with Crippen molar-refractivity contribution in [3.63, 3.8) is 0 Å². The third-order valence-electron chi connectivity index (χ3n) is 4.81. The van der Waals surface area contributed by atoms with Crippen molar-refractivity contribution in [2.45, 2.75) is 44.7 Å². The molecule has 2 unspecified atom stereocenters. The van der Waals surface area contributed by atoms with E-state index in [2.05, 4.69) is 36.1 Å². The van der Waals surface area contributed by atoms with E-state index in [1.54, 1.807) is 0 Å². The van der Waals surface area contributed by atoms with E-state index in [9.17, 15) is 0 Å². The van der Waals surface area contributed by atoms with Crippen LogP contribution < -0.4 is 5.32 Å². The molecule has 0 spiro atoms. The predicted octanol–water partition coefficient (Wildman–Crippen LogP) is 1.82. The third kappa shape index (κ3) is 4.37. The number of halogens is 1. The first-order valence-corrected chi connectivity index (χ1v) is 7.28. The minimum absolute atomic E-state index is 0. The first-order chi connectivity index (χ1) is 8.16. The molecule has 108 valence electrons. The number of piperidine rings is 2. The molecule has 2 rings (SSSR count). The lowest BCUT2D eigenvalue weighted by Crippen LogP contribution is -2.48. The van der Waals surface area contributed by atoms with E-state index in [-0.39, 0.29) is 12.4 Å². The van der Waals surface area contributed by atoms with Gasteiger partial charge in [-0.2, -0.15) is 0 Å². The molecule has 2 saturated heterocycles. The molecule has 2 atom stereocenters. The number of nitrogens with zero attached hydrogens (tertiary/aromatic N) is 2. The van der Waals surface area contributed by atoms with E-state index in [0.29, 0.717) is 0 Å². The van der Waals surface area contributed by atoms with E-state index < -0.39 is 0 Å². The number of hydrogen-bond acceptors (Lipinski definition) is 3. The summed E-state index contributed by atoms with van der Waals surface area (Å²) >= 11 is 0. The fourth-order valence-corrected chi connectivity index (χ4v) is 3.29. The Morgan fingerprint density at radius 2 is 1.89 bits per heavy atom. The molecule has 2 aliphatic rings. The van der Waals surface area contributed by atoms with Crippen LogP contribution in [0.5, 0.6) is 0 Å². The quantitative estimate of drug-likeness (QED) is 0.848. The fourth-order valence-electron chi connectivity index (χ4n) is 3.29. The standard InChI is InChI=1S/C14H29N3.ClH/c1-12-10-14(6-9-16(12)2)17(3)11-13-4-7-15-8-5-13;/h12-15H,4-11H2,1-3H3;1H. The van der Waals surface area contributed by atoms with Crippen LogP contribution in [0.15, 0.2) is 0 Å². The lowest BCUT2D eigenvalue weighted by molar-refractivity contribution is 0.0903. The Bertz CT molecular complexity index is 231. The molecule has 0 bridgehead atoms. The molecule has 4 heteroatoms. The molecule has 2 aliphatic heterocycles. The minimum atomic E-state index is 0. The Labute approximate surface area is 119 Å². The second-order valence-corrected chi connectivity index (χ2v) is 6.14. The second-order valence-electron chi connectivity index (χ2n) is 6.14. The largest absolute Gasteiger partial charge is 0.317 e. The molecular weight excluding hydrogens is 246 g/mol. The van der Waals surface area contributed by atoms with Gasteiger partial charge in [0.15, 0.2) is 0 Å². The van der Waals surface area contributed by atoms with Gasteiger partial charge in [-0.15, -0.1) is 12.4 Å². The van der Waals surface area contributed by atoms with E-state index in [1.165, 1.54) is 51.9 Å². The highest BCUT2D eigenvalue weighted by Gasteiger charge is 2.27. The van der Waals surface area contributed by atoms with Crippen LogP contribution in [-0.2, 0) is 0 Å². The van der Waals surface area contributed by atoms with Crippen LogP contribution in [0.2, 0.25) is 0 Å². The van der Waals surface area contributed by atoms with Crippen LogP contribution in [0.3, 0.4) is 0 Å². The lowest BCUT2D eigenvalue weighted by atomic mass is 9.94. The maximum atomic E-state index is 3.46. The van der Waals surface area contributed by atoms with Crippen molar-refractivity contribution in [3.05, 3.63) is 0 Å². The van der Waals surface area contributed by atoms with Crippen LogP contribution in [0.4, 0.5) is 0 Å². The number of hydrogen-bond donors (Lipinski definition) is 1. The average molecular weight is 276 g/mol. The van der Waals surface area contributed by atoms with Gasteiger partial charge in [0.25, 0.3) is 0 Å². The SMILES string of the molecule is CC1CC(N(C)CC2CCNCC2)CCN1C.Cl. The van der Waals surface area contributed by atoms with Crippen molar-refractivity contribution in [2.75, 3.05) is 40.3 Å². The Balaban J connectivity index is 0.00000162. The van der Waals surface area contributed by atoms with E-state index in [4.69, 9.17) is 0 Å². The van der Waals surface area contributed by atoms with Gasteiger partial charge >= 0.3 is 0 Å². The highest BCUT2D eigenvalue weighted by atomic mass is 35.5. The summed E-state index contributed by atoms with van der Waals surface area (Å²) in [5, 5.41) is 3.46. The van der Waals surface area contributed by atoms with Gasteiger partial charge in [-0.1, -0.05) is 0 Å². The van der Waals surface area contributed by atoms with Crippen LogP contribution >= 0.6 is 12.4 Å². The van der Waals surface area contributed by atoms with E-state index in [1.807, 2.05) is 0 Å². The normalized spacial score (nSPS) is 31.3. The zero-order valence-corrected chi connectivity index (χ0v) is 13.0. The highest BCUT2D eigenvalue weighted by Crippen LogP contribution is 2.22. The summed E-state index contributed by atoms with van der Waals surface area (Å²) in [6.45, 7) is 7.39. The van der Waals surface area contributed by atoms with Crippen LogP contribution in [0, 0.1) is 5.92 Å². The molecule has 18 heavy (non-hydrogen) atoms. The zero-order chi connectivity index (χ0) is 12.3. The van der Waals surface area contributed by atoms with Gasteiger partial charge in [-0.25, -0.2) is 0 Å². The first-order valence-electron chi connectivity index (χ1n) is 7.28. The average Bonchev–Trinajstić information content (AvgIpc) is 2.34. The molecule has 3 nitrogen and oxygen atoms in total. The fraction of sp³-hybridized carbons (Fsp3) is 1.00. The van der Waals surface area contributed by atoms with Gasteiger partial charge in [0.05, 0.1) is 0 Å². The lowest BCUT2D eigenvalue weighted by Gasteiger charge is -2.40. The van der Waals surface area contributed by atoms with Gasteiger partial charge < -0.3 is 15.1 Å². The van der Waals surface area contributed by atoms with Gasteiger partial charge in [-0.3, -0.25) is 0 Å². The van der Waals surface area contributed by atoms with Gasteiger partial charge in [-0.05, 0) is 72.3 Å². The van der Waals surface area contributed by atoms with Crippen molar-refractivity contribution in [3.8, 4) is 0 Å². The van der Waals surface area contributed by atoms with Gasteiger partial charge in [0, 0.05) is 18.6 Å². The molecule has 0 amide bonds. The number of likely N-dealkylation sites (tertiary alicyclic amines) is 1. The Morgan fingerprint density at radius 3 is 2.50 bits per heavy atom. The zero-order valence-electron chi connectivity index (χ0n) is 12.2. The number of nitrogens with one attached hydrogen (secondary N) is 1. The summed E-state index contributed by atoms with van der Waals surface area (Å²) in [7, 11) is 4.60. The molecule has 0 aliphatic carbocycles. The molecule has 1 N–H and O–H groups in total. The maximum Gasteiger partial charge on any atom is 0.0119 e. The van der Waals surface area contributed by atoms with E-state index >= 15 is 0 Å². The van der Waals surface area contributed by atoms with Crippen molar-refractivity contribution in [2.24, 2.45) is 5.92 Å². The Hall–Kier alpha value is 0.170. The van der Waals surface area contributed by atoms with Crippen molar-refractivity contribution in [1.82, 2.24) is 15.1 Å². The molecule has 0 radical (unpaired) electrons. The molecule has 0 aromatic heterocycles. The summed E-state index contributed by atoms with van der Waals surface area (Å²) in [4.78, 5) is 5.13. The van der Waals surface area contributed by atoms with Crippen LogP contribution in [0.1, 0.15) is 32.6 Å². The first kappa shape index (κ1) is 16.2. The van der Waals surface area contributed by atoms with Crippen molar-refractivity contribution >= 4 is 12.4 Å². The molecule has 2 fully saturated rings. The monoisotopic (exact) mass is 275 g/mol. The van der Waals surface area contributed by atoms with Crippen LogP contribution in [0.25, 0.3) is 0 Å². The summed E-state index contributed by atoms with van der Waals surface area (Å²) in [5.41, 5.74) is 0. The van der Waals surface area contributed by atoms with Gasteiger partial charge in [0.1, 0.15) is 0 Å². The summed E-state index contributed by atoms with van der Waals surface area (Å²) in [5.74, 6) is 0.927. The van der Waals surface area contributed by atoms with Crippen LogP contribution in [-0.4, -0.2) is 62.2 Å². The Morgan fingerprint density at radius 1 is 1.22 bits per heavy atom. The topological polar surface area (TPSA) is 18.5 Å². The van der Waals surface area contributed by atoms with Crippen molar-refractivity contribution < 1.29 is 0 Å². The molecule has 2 heterocycles. The number of rotatable bonds is 3. The maximum absolute atomic E-state index is 3.46. The van der Waals surface area contributed by atoms with Crippen molar-refractivity contribution in [1.29, 1.82) is 0 Å². The molecule has 0 aromatic rings. The third-order valence-corrected chi connectivity index (χ3v) is 4.81. The minimum Gasteiger partial charge on any atom is -0.317 e. The summed E-state index contributed by atoms with van der Waals surface area (Å²) in [6, 6.07) is 1.57. The second kappa shape index (κ2) is 7.68. The smallest absolute Gasteiger partial charge is 0.0119 e. The summed E-state index contributed by atoms with van der Waals surface area (Å²) in [6.07, 6.45) is 5.43.